The van der Waals surface area contributed by atoms with E-state index in [4.69, 9.17) is 0 Å². The summed E-state index contributed by atoms with van der Waals surface area (Å²) in [6, 6.07) is 7.81. The van der Waals surface area contributed by atoms with Gasteiger partial charge in [-0.15, -0.1) is 0 Å². The molecule has 1 rings (SSSR count). The maximum atomic E-state index is 9.50. The van der Waals surface area contributed by atoms with Gasteiger partial charge in [0.1, 0.15) is 5.75 Å². The molecule has 0 aliphatic heterocycles. The number of benzene rings is 1. The number of hydrogen-bond donors (Lipinski definition) is 2. The van der Waals surface area contributed by atoms with Crippen LogP contribution in [0.3, 0.4) is 0 Å². The zero-order valence-corrected chi connectivity index (χ0v) is 12.2. The van der Waals surface area contributed by atoms with Crippen molar-refractivity contribution in [1.29, 1.82) is 0 Å². The van der Waals surface area contributed by atoms with Crippen LogP contribution in [0.2, 0.25) is 0 Å². The first-order chi connectivity index (χ1) is 9.72. The van der Waals surface area contributed by atoms with Gasteiger partial charge in [-0.1, -0.05) is 36.9 Å². The van der Waals surface area contributed by atoms with Gasteiger partial charge in [0, 0.05) is 6.04 Å². The van der Waals surface area contributed by atoms with Crippen LogP contribution in [-0.2, 0) is 6.42 Å². The van der Waals surface area contributed by atoms with Gasteiger partial charge in [0.15, 0.2) is 0 Å². The fourth-order valence-electron chi connectivity index (χ4n) is 1.55. The van der Waals surface area contributed by atoms with E-state index in [1.54, 1.807) is 18.2 Å². The Morgan fingerprint density at radius 3 is 2.45 bits per heavy atom. The van der Waals surface area contributed by atoms with E-state index in [0.29, 0.717) is 19.0 Å². The molecule has 2 nitrogen and oxygen atoms in total. The van der Waals surface area contributed by atoms with E-state index < -0.39 is 0 Å². The summed E-state index contributed by atoms with van der Waals surface area (Å²) in [5.74, 6) is 0.321. The molecule has 20 heavy (non-hydrogen) atoms. The normalized spacial score (nSPS) is 11.9. The van der Waals surface area contributed by atoms with E-state index in [1.165, 1.54) is 5.56 Å². The minimum atomic E-state index is 0.321. The number of allylic oxidation sites excluding steroid dienone is 4. The first-order valence-electron chi connectivity index (χ1n) is 6.58. The number of phenols is 1. The molecule has 2 N–H and O–H groups in total. The lowest BCUT2D eigenvalue weighted by molar-refractivity contribution is 0.475. The van der Waals surface area contributed by atoms with Gasteiger partial charge in [-0.2, -0.15) is 0 Å². The maximum absolute atomic E-state index is 9.50. The smallest absolute Gasteiger partial charge is 0.115 e. The molecule has 0 saturated carbocycles. The summed E-state index contributed by atoms with van der Waals surface area (Å²) in [7, 11) is 0.500. The molecule has 3 heteroatoms. The second-order valence-electron chi connectivity index (χ2n) is 4.25. The average Bonchev–Trinajstić information content (AvgIpc) is 2.48. The average molecular weight is 277 g/mol. The minimum absolute atomic E-state index is 0.321. The number of phenolic OH excluding ortho intramolecular Hbond substituents is 1. The molecule has 0 radical (unpaired) electrons. The lowest BCUT2D eigenvalue weighted by Crippen LogP contribution is -2.20. The Morgan fingerprint density at radius 2 is 1.85 bits per heavy atom. The predicted octanol–water partition coefficient (Wildman–Crippen LogP) is 4.14. The van der Waals surface area contributed by atoms with Crippen LogP contribution >= 0.6 is 0 Å². The van der Waals surface area contributed by atoms with Gasteiger partial charge >= 0.3 is 0 Å². The molecule has 1 aromatic carbocycles. The first kappa shape index (κ1) is 18.0. The molecule has 0 saturated heterocycles. The molecule has 0 heterocycles. The van der Waals surface area contributed by atoms with Crippen LogP contribution in [0.15, 0.2) is 61.3 Å². The van der Waals surface area contributed by atoms with Crippen molar-refractivity contribution in [3.8, 4) is 5.75 Å². The molecular formula is C17H24FNO. The molecule has 110 valence electrons. The molecular weight excluding hydrogens is 253 g/mol. The number of rotatable bonds is 7. The van der Waals surface area contributed by atoms with Crippen molar-refractivity contribution in [3.63, 3.8) is 0 Å². The third-order valence-electron chi connectivity index (χ3n) is 2.64. The van der Waals surface area contributed by atoms with Crippen molar-refractivity contribution < 1.29 is 9.50 Å². The highest BCUT2D eigenvalue weighted by Gasteiger charge is 1.99. The number of aromatic hydroxyl groups is 1. The van der Waals surface area contributed by atoms with E-state index in [1.807, 2.05) is 36.6 Å². The quantitative estimate of drug-likeness (QED) is 0.734. The van der Waals surface area contributed by atoms with Crippen molar-refractivity contribution in [2.75, 3.05) is 7.18 Å². The van der Waals surface area contributed by atoms with Crippen molar-refractivity contribution in [1.82, 2.24) is 5.32 Å². The Kier molecular flexibility index (Phi) is 10.8. The molecule has 0 aliphatic rings. The van der Waals surface area contributed by atoms with Gasteiger partial charge in [-0.25, -0.2) is 0 Å². The van der Waals surface area contributed by atoms with Crippen LogP contribution in [0, 0.1) is 0 Å². The van der Waals surface area contributed by atoms with Crippen molar-refractivity contribution in [2.24, 2.45) is 0 Å². The van der Waals surface area contributed by atoms with Crippen LogP contribution in [0.5, 0.6) is 5.75 Å². The molecule has 0 amide bonds. The predicted molar refractivity (Wildman–Crippen MR) is 84.5 cm³/mol. The van der Waals surface area contributed by atoms with Gasteiger partial charge in [-0.3, -0.25) is 4.39 Å². The highest BCUT2D eigenvalue weighted by molar-refractivity contribution is 5.25. The Bertz CT molecular complexity index is 410. The molecule has 1 unspecified atom stereocenters. The molecule has 0 spiro atoms. The number of nitrogens with one attached hydrogen (secondary N) is 1. The summed E-state index contributed by atoms with van der Waals surface area (Å²) in [5, 5.41) is 12.5. The molecule has 1 aromatic rings. The third kappa shape index (κ3) is 8.97. The largest absolute Gasteiger partial charge is 0.508 e. The van der Waals surface area contributed by atoms with E-state index in [2.05, 4.69) is 18.8 Å². The van der Waals surface area contributed by atoms with E-state index in [-0.39, 0.29) is 0 Å². The highest BCUT2D eigenvalue weighted by Crippen LogP contribution is 2.11. The standard InChI is InChI=1S/C16H21NO.CH3F/c1-3-4-5-6-13-17-14(2)7-8-15-9-11-16(18)12-10-15;1-2/h3-6,9-14,17-18H,1,7-8H2,2H3;1H3/b5-4-,13-6+;. The van der Waals surface area contributed by atoms with Crippen LogP contribution < -0.4 is 5.32 Å². The van der Waals surface area contributed by atoms with Gasteiger partial charge in [0.05, 0.1) is 7.18 Å². The summed E-state index contributed by atoms with van der Waals surface area (Å²) in [4.78, 5) is 0. The molecule has 0 fully saturated rings. The lowest BCUT2D eigenvalue weighted by Gasteiger charge is -2.11. The van der Waals surface area contributed by atoms with Crippen LogP contribution in [0.25, 0.3) is 0 Å². The summed E-state index contributed by atoms with van der Waals surface area (Å²) >= 11 is 0. The fourth-order valence-corrected chi connectivity index (χ4v) is 1.55. The number of hydrogen-bond acceptors (Lipinski definition) is 2. The highest BCUT2D eigenvalue weighted by atomic mass is 19.1. The minimum Gasteiger partial charge on any atom is -0.508 e. The Balaban J connectivity index is 0.00000172. The van der Waals surface area contributed by atoms with E-state index in [9.17, 15) is 9.50 Å². The van der Waals surface area contributed by atoms with E-state index in [0.717, 1.165) is 12.8 Å². The topological polar surface area (TPSA) is 32.3 Å². The Morgan fingerprint density at radius 1 is 1.20 bits per heavy atom. The number of alkyl halides is 1. The first-order valence-corrected chi connectivity index (χ1v) is 6.58. The van der Waals surface area contributed by atoms with Crippen molar-refractivity contribution in [3.05, 3.63) is 66.9 Å². The Labute approximate surface area is 121 Å². The fraction of sp³-hybridized carbons (Fsp3) is 0.294. The molecule has 0 aliphatic carbocycles. The molecule has 0 bridgehead atoms. The van der Waals surface area contributed by atoms with Crippen molar-refractivity contribution in [2.45, 2.75) is 25.8 Å². The monoisotopic (exact) mass is 277 g/mol. The van der Waals surface area contributed by atoms with Crippen LogP contribution in [0.1, 0.15) is 18.9 Å². The number of aryl methyl sites for hydroxylation is 1. The summed E-state index contributed by atoms with van der Waals surface area (Å²) in [6.45, 7) is 5.76. The summed E-state index contributed by atoms with van der Waals surface area (Å²) in [5.41, 5.74) is 1.25. The van der Waals surface area contributed by atoms with Gasteiger partial charge in [0.25, 0.3) is 0 Å². The number of halogens is 1. The maximum Gasteiger partial charge on any atom is 0.115 e. The molecule has 1 atom stereocenters. The van der Waals surface area contributed by atoms with Gasteiger partial charge in [0.2, 0.25) is 0 Å². The Hall–Kier alpha value is -2.03. The van der Waals surface area contributed by atoms with Crippen LogP contribution in [0.4, 0.5) is 4.39 Å². The van der Waals surface area contributed by atoms with Crippen LogP contribution in [-0.4, -0.2) is 18.3 Å². The summed E-state index contributed by atoms with van der Waals surface area (Å²) < 4.78 is 9.50. The summed E-state index contributed by atoms with van der Waals surface area (Å²) in [6.07, 6.45) is 11.5. The van der Waals surface area contributed by atoms with E-state index >= 15 is 0 Å². The lowest BCUT2D eigenvalue weighted by atomic mass is 10.1. The second kappa shape index (κ2) is 12.0. The zero-order chi connectivity index (χ0) is 15.2. The SMILES string of the molecule is C=C/C=C\C=C\NC(C)CCc1ccc(O)cc1.CF. The van der Waals surface area contributed by atoms with Crippen molar-refractivity contribution >= 4 is 0 Å². The second-order valence-corrected chi connectivity index (χ2v) is 4.25. The van der Waals surface area contributed by atoms with Gasteiger partial charge < -0.3 is 10.4 Å². The zero-order valence-electron chi connectivity index (χ0n) is 12.2. The molecule has 0 aromatic heterocycles. The third-order valence-corrected chi connectivity index (χ3v) is 2.64. The van der Waals surface area contributed by atoms with Gasteiger partial charge in [-0.05, 0) is 49.7 Å².